The molecule has 2 aromatic carbocycles. The van der Waals surface area contributed by atoms with E-state index in [4.69, 9.17) is 0 Å². The minimum Gasteiger partial charge on any atom is -0.372 e. The van der Waals surface area contributed by atoms with Gasteiger partial charge in [0.25, 0.3) is 0 Å². The van der Waals surface area contributed by atoms with E-state index >= 15 is 0 Å². The third-order valence-electron chi connectivity index (χ3n) is 3.40. The molecule has 0 saturated heterocycles. The Hall–Kier alpha value is -2.34. The molecule has 122 valence electrons. The van der Waals surface area contributed by atoms with Gasteiger partial charge in [-0.15, -0.1) is 0 Å². The van der Waals surface area contributed by atoms with Crippen LogP contribution in [-0.4, -0.2) is 27.7 Å². The highest BCUT2D eigenvalue weighted by Crippen LogP contribution is 2.15. The molecule has 0 spiro atoms. The van der Waals surface area contributed by atoms with Gasteiger partial charge in [-0.05, 0) is 43.7 Å². The van der Waals surface area contributed by atoms with Crippen LogP contribution in [0.4, 0.5) is 5.69 Å². The number of benzene rings is 2. The average Bonchev–Trinajstić information content (AvgIpc) is 2.58. The Morgan fingerprint density at radius 1 is 1.00 bits per heavy atom. The summed E-state index contributed by atoms with van der Waals surface area (Å²) in [6, 6.07) is 15.6. The molecule has 6 heteroatoms. The summed E-state index contributed by atoms with van der Waals surface area (Å²) in [5.41, 5.74) is 1.88. The van der Waals surface area contributed by atoms with Crippen molar-refractivity contribution in [1.29, 1.82) is 0 Å². The Balaban J connectivity index is 2.04. The lowest BCUT2D eigenvalue weighted by molar-refractivity contribution is 0.341. The second-order valence-electron chi connectivity index (χ2n) is 4.84. The van der Waals surface area contributed by atoms with Crippen molar-refractivity contribution in [1.82, 2.24) is 0 Å². The summed E-state index contributed by atoms with van der Waals surface area (Å²) in [6.45, 7) is 6.06. The standard InChI is InChI=1S/C17H20N2O3S/c1-3-19(4-2)16-12-10-15(11-13-16)14-18-22-23(20,21)17-8-6-5-7-9-17/h5-14H,3-4H2,1-2H3/b18-14+. The van der Waals surface area contributed by atoms with Gasteiger partial charge in [-0.2, -0.15) is 8.42 Å². The van der Waals surface area contributed by atoms with Crippen LogP contribution >= 0.6 is 0 Å². The van der Waals surface area contributed by atoms with Crippen molar-refractivity contribution >= 4 is 22.0 Å². The zero-order valence-corrected chi connectivity index (χ0v) is 14.0. The molecule has 0 radical (unpaired) electrons. The fourth-order valence-electron chi connectivity index (χ4n) is 2.13. The van der Waals surface area contributed by atoms with Gasteiger partial charge in [-0.1, -0.05) is 35.5 Å². The maximum atomic E-state index is 11.9. The van der Waals surface area contributed by atoms with Gasteiger partial charge in [-0.3, -0.25) is 4.28 Å². The normalized spacial score (nSPS) is 11.6. The minimum absolute atomic E-state index is 0.0778. The Morgan fingerprint density at radius 3 is 2.17 bits per heavy atom. The number of hydrogen-bond acceptors (Lipinski definition) is 5. The lowest BCUT2D eigenvalue weighted by Gasteiger charge is -2.20. The van der Waals surface area contributed by atoms with Gasteiger partial charge in [-0.25, -0.2) is 0 Å². The van der Waals surface area contributed by atoms with Crippen LogP contribution in [0.2, 0.25) is 0 Å². The van der Waals surface area contributed by atoms with Crippen LogP contribution in [0.15, 0.2) is 64.6 Å². The molecule has 2 rings (SSSR count). The SMILES string of the molecule is CCN(CC)c1ccc(/C=N/OS(=O)(=O)c2ccccc2)cc1. The zero-order valence-electron chi connectivity index (χ0n) is 13.2. The Kier molecular flexibility index (Phi) is 5.76. The van der Waals surface area contributed by atoms with Crippen LogP contribution in [0.25, 0.3) is 0 Å². The lowest BCUT2D eigenvalue weighted by Crippen LogP contribution is -2.21. The molecule has 0 aliphatic rings. The summed E-state index contributed by atoms with van der Waals surface area (Å²) >= 11 is 0. The Morgan fingerprint density at radius 2 is 1.61 bits per heavy atom. The molecule has 0 aliphatic carbocycles. The minimum atomic E-state index is -3.87. The quantitative estimate of drug-likeness (QED) is 0.577. The number of anilines is 1. The first kappa shape index (κ1) is 17.0. The molecule has 0 bridgehead atoms. The van der Waals surface area contributed by atoms with Gasteiger partial charge in [0.1, 0.15) is 4.90 Å². The molecule has 0 fully saturated rings. The van der Waals surface area contributed by atoms with E-state index in [9.17, 15) is 8.42 Å². The average molecular weight is 332 g/mol. The van der Waals surface area contributed by atoms with Crippen LogP contribution in [0.5, 0.6) is 0 Å². The molecule has 5 nitrogen and oxygen atoms in total. The van der Waals surface area contributed by atoms with Crippen molar-refractivity contribution in [2.45, 2.75) is 18.7 Å². The van der Waals surface area contributed by atoms with Gasteiger partial charge >= 0.3 is 10.1 Å². The van der Waals surface area contributed by atoms with Crippen molar-refractivity contribution in [2.75, 3.05) is 18.0 Å². The lowest BCUT2D eigenvalue weighted by atomic mass is 10.2. The van der Waals surface area contributed by atoms with Crippen LogP contribution in [-0.2, 0) is 14.4 Å². The first-order valence-electron chi connectivity index (χ1n) is 7.44. The van der Waals surface area contributed by atoms with Crippen LogP contribution in [0, 0.1) is 0 Å². The summed E-state index contributed by atoms with van der Waals surface area (Å²) in [4.78, 5) is 2.30. The number of rotatable bonds is 7. The van der Waals surface area contributed by atoms with E-state index < -0.39 is 10.1 Å². The Labute approximate surface area is 137 Å². The zero-order chi connectivity index (χ0) is 16.7. The maximum absolute atomic E-state index is 11.9. The molecule has 0 heterocycles. The van der Waals surface area contributed by atoms with Crippen molar-refractivity contribution < 1.29 is 12.7 Å². The summed E-state index contributed by atoms with van der Waals surface area (Å²) in [5.74, 6) is 0. The highest BCUT2D eigenvalue weighted by atomic mass is 32.2. The molecule has 0 N–H and O–H groups in total. The third-order valence-corrected chi connectivity index (χ3v) is 4.53. The first-order valence-corrected chi connectivity index (χ1v) is 8.84. The molecule has 23 heavy (non-hydrogen) atoms. The van der Waals surface area contributed by atoms with Gasteiger partial charge in [0.2, 0.25) is 0 Å². The maximum Gasteiger partial charge on any atom is 0.358 e. The molecule has 0 unspecified atom stereocenters. The number of oxime groups is 1. The van der Waals surface area contributed by atoms with Crippen LogP contribution < -0.4 is 4.90 Å². The van der Waals surface area contributed by atoms with Crippen LogP contribution in [0.3, 0.4) is 0 Å². The molecular weight excluding hydrogens is 312 g/mol. The summed E-state index contributed by atoms with van der Waals surface area (Å²) in [5, 5.41) is 3.58. The summed E-state index contributed by atoms with van der Waals surface area (Å²) < 4.78 is 28.5. The second kappa shape index (κ2) is 7.78. The smallest absolute Gasteiger partial charge is 0.358 e. The van der Waals surface area contributed by atoms with Crippen molar-refractivity contribution in [3.63, 3.8) is 0 Å². The van der Waals surface area contributed by atoms with E-state index in [1.807, 2.05) is 24.3 Å². The van der Waals surface area contributed by atoms with E-state index in [0.29, 0.717) is 0 Å². The number of hydrogen-bond donors (Lipinski definition) is 0. The van der Waals surface area contributed by atoms with Crippen molar-refractivity contribution in [3.8, 4) is 0 Å². The Bertz CT molecular complexity index is 737. The summed E-state index contributed by atoms with van der Waals surface area (Å²) in [7, 11) is -3.87. The molecule has 2 aromatic rings. The molecule has 0 saturated carbocycles. The van der Waals surface area contributed by atoms with E-state index in [1.165, 1.54) is 18.3 Å². The van der Waals surface area contributed by atoms with E-state index in [2.05, 4.69) is 28.2 Å². The summed E-state index contributed by atoms with van der Waals surface area (Å²) in [6.07, 6.45) is 1.38. The largest absolute Gasteiger partial charge is 0.372 e. The monoisotopic (exact) mass is 332 g/mol. The molecule has 0 aromatic heterocycles. The fourth-order valence-corrected chi connectivity index (χ4v) is 2.86. The number of nitrogens with zero attached hydrogens (tertiary/aromatic N) is 2. The second-order valence-corrected chi connectivity index (χ2v) is 6.37. The highest BCUT2D eigenvalue weighted by molar-refractivity contribution is 7.86. The van der Waals surface area contributed by atoms with Gasteiger partial charge < -0.3 is 4.90 Å². The molecule has 0 atom stereocenters. The van der Waals surface area contributed by atoms with Crippen molar-refractivity contribution in [2.24, 2.45) is 5.16 Å². The third kappa shape index (κ3) is 4.56. The predicted octanol–water partition coefficient (Wildman–Crippen LogP) is 3.27. The van der Waals surface area contributed by atoms with Crippen LogP contribution in [0.1, 0.15) is 19.4 Å². The topological polar surface area (TPSA) is 59.0 Å². The van der Waals surface area contributed by atoms with Crippen molar-refractivity contribution in [3.05, 3.63) is 60.2 Å². The molecular formula is C17H20N2O3S. The fraction of sp³-hybridized carbons (Fsp3) is 0.235. The van der Waals surface area contributed by atoms with E-state index in [1.54, 1.807) is 18.2 Å². The predicted molar refractivity (Wildman–Crippen MR) is 92.3 cm³/mol. The highest BCUT2D eigenvalue weighted by Gasteiger charge is 2.14. The molecule has 0 aliphatic heterocycles. The van der Waals surface area contributed by atoms with E-state index in [-0.39, 0.29) is 4.90 Å². The van der Waals surface area contributed by atoms with E-state index in [0.717, 1.165) is 24.3 Å². The molecule has 0 amide bonds. The van der Waals surface area contributed by atoms with Gasteiger partial charge in [0.05, 0.1) is 6.21 Å². The van der Waals surface area contributed by atoms with Gasteiger partial charge in [0, 0.05) is 18.8 Å². The van der Waals surface area contributed by atoms with Gasteiger partial charge in [0.15, 0.2) is 0 Å². The first-order chi connectivity index (χ1) is 11.1.